The molecule has 0 aromatic heterocycles. The Balaban J connectivity index is 2.30. The Hall–Kier alpha value is -1.10. The molecule has 0 spiro atoms. The smallest absolute Gasteiger partial charge is 0.280 e. The SMILES string of the molecule is FC(Br)(C1=NOCCO1)c1ccccc1. The quantitative estimate of drug-likeness (QED) is 0.776. The van der Waals surface area contributed by atoms with Crippen LogP contribution >= 0.6 is 15.9 Å². The van der Waals surface area contributed by atoms with Gasteiger partial charge in [-0.3, -0.25) is 0 Å². The van der Waals surface area contributed by atoms with E-state index in [2.05, 4.69) is 21.1 Å². The lowest BCUT2D eigenvalue weighted by Crippen LogP contribution is -2.30. The Morgan fingerprint density at radius 2 is 2.00 bits per heavy atom. The van der Waals surface area contributed by atoms with Gasteiger partial charge in [0.2, 0.25) is 0 Å². The van der Waals surface area contributed by atoms with Crippen molar-refractivity contribution in [3.05, 3.63) is 35.9 Å². The standard InChI is InChI=1S/C10H9BrFNO2/c11-10(12,8-4-2-1-3-5-8)9-13-15-7-6-14-9/h1-5H,6-7H2. The van der Waals surface area contributed by atoms with Crippen molar-refractivity contribution in [1.29, 1.82) is 0 Å². The predicted molar refractivity (Wildman–Crippen MR) is 57.5 cm³/mol. The molecule has 1 aromatic rings. The van der Waals surface area contributed by atoms with E-state index in [9.17, 15) is 4.39 Å². The minimum atomic E-state index is -1.92. The molecule has 1 aliphatic rings. The van der Waals surface area contributed by atoms with Gasteiger partial charge in [0.1, 0.15) is 6.61 Å². The first-order valence-electron chi connectivity index (χ1n) is 4.48. The van der Waals surface area contributed by atoms with Gasteiger partial charge in [0, 0.05) is 5.56 Å². The van der Waals surface area contributed by atoms with E-state index >= 15 is 0 Å². The zero-order chi connectivity index (χ0) is 10.7. The van der Waals surface area contributed by atoms with Crippen LogP contribution in [-0.2, 0) is 14.2 Å². The molecular formula is C10H9BrFNO2. The fourth-order valence-electron chi connectivity index (χ4n) is 1.23. The second-order valence-corrected chi connectivity index (χ2v) is 4.11. The van der Waals surface area contributed by atoms with E-state index in [1.54, 1.807) is 24.3 Å². The van der Waals surface area contributed by atoms with Gasteiger partial charge in [-0.15, -0.1) is 0 Å². The molecule has 2 rings (SSSR count). The van der Waals surface area contributed by atoms with E-state index in [0.29, 0.717) is 18.8 Å². The number of nitrogens with zero attached hydrogens (tertiary/aromatic N) is 1. The minimum Gasteiger partial charge on any atom is -0.472 e. The van der Waals surface area contributed by atoms with Crippen LogP contribution < -0.4 is 0 Å². The Kier molecular flexibility index (Phi) is 2.90. The molecular weight excluding hydrogens is 265 g/mol. The summed E-state index contributed by atoms with van der Waals surface area (Å²) in [5.74, 6) is -0.0973. The molecule has 15 heavy (non-hydrogen) atoms. The number of hydrogen-bond donors (Lipinski definition) is 0. The normalized spacial score (nSPS) is 19.5. The van der Waals surface area contributed by atoms with E-state index in [4.69, 9.17) is 9.57 Å². The van der Waals surface area contributed by atoms with Crippen LogP contribution in [0.25, 0.3) is 0 Å². The molecule has 0 saturated heterocycles. The van der Waals surface area contributed by atoms with Gasteiger partial charge in [-0.05, 0) is 21.1 Å². The van der Waals surface area contributed by atoms with Crippen LogP contribution in [-0.4, -0.2) is 19.1 Å². The van der Waals surface area contributed by atoms with Crippen molar-refractivity contribution in [1.82, 2.24) is 0 Å². The molecule has 0 radical (unpaired) electrons. The van der Waals surface area contributed by atoms with Crippen LogP contribution in [0.5, 0.6) is 0 Å². The summed E-state index contributed by atoms with van der Waals surface area (Å²) < 4.78 is 17.5. The van der Waals surface area contributed by atoms with Crippen LogP contribution in [0.1, 0.15) is 5.56 Å². The van der Waals surface area contributed by atoms with Crippen molar-refractivity contribution in [3.63, 3.8) is 0 Å². The van der Waals surface area contributed by atoms with E-state index in [1.165, 1.54) is 0 Å². The van der Waals surface area contributed by atoms with Crippen molar-refractivity contribution in [2.24, 2.45) is 5.16 Å². The first-order valence-corrected chi connectivity index (χ1v) is 5.27. The Morgan fingerprint density at radius 3 is 2.60 bits per heavy atom. The van der Waals surface area contributed by atoms with E-state index in [1.807, 2.05) is 6.07 Å². The number of benzene rings is 1. The Labute approximate surface area is 95.0 Å². The topological polar surface area (TPSA) is 30.8 Å². The minimum absolute atomic E-state index is 0.0973. The molecule has 80 valence electrons. The first kappa shape index (κ1) is 10.4. The van der Waals surface area contributed by atoms with Gasteiger partial charge in [-0.25, -0.2) is 4.39 Å². The molecule has 1 atom stereocenters. The second-order valence-electron chi connectivity index (χ2n) is 3.02. The number of rotatable bonds is 2. The average molecular weight is 274 g/mol. The molecule has 0 N–H and O–H groups in total. The zero-order valence-electron chi connectivity index (χ0n) is 7.82. The molecule has 0 aliphatic carbocycles. The number of oxime groups is 1. The van der Waals surface area contributed by atoms with Crippen molar-refractivity contribution in [2.75, 3.05) is 13.2 Å². The van der Waals surface area contributed by atoms with Crippen molar-refractivity contribution >= 4 is 21.8 Å². The summed E-state index contributed by atoms with van der Waals surface area (Å²) in [6.07, 6.45) is 0. The number of halogens is 2. The van der Waals surface area contributed by atoms with Gasteiger partial charge in [-0.1, -0.05) is 30.3 Å². The number of hydrogen-bond acceptors (Lipinski definition) is 3. The van der Waals surface area contributed by atoms with E-state index < -0.39 is 4.58 Å². The molecule has 1 aromatic carbocycles. The van der Waals surface area contributed by atoms with Crippen LogP contribution in [0.4, 0.5) is 4.39 Å². The largest absolute Gasteiger partial charge is 0.472 e. The van der Waals surface area contributed by atoms with Gasteiger partial charge >= 0.3 is 0 Å². The molecule has 3 nitrogen and oxygen atoms in total. The lowest BCUT2D eigenvalue weighted by molar-refractivity contribution is 0.0522. The highest BCUT2D eigenvalue weighted by atomic mass is 79.9. The number of ether oxygens (including phenoxy) is 1. The Bertz CT molecular complexity index is 367. The van der Waals surface area contributed by atoms with Crippen molar-refractivity contribution in [2.45, 2.75) is 4.58 Å². The summed E-state index contributed by atoms with van der Waals surface area (Å²) >= 11 is 2.95. The van der Waals surface area contributed by atoms with Gasteiger partial charge < -0.3 is 9.57 Å². The lowest BCUT2D eigenvalue weighted by Gasteiger charge is -2.22. The third-order valence-corrected chi connectivity index (χ3v) is 2.76. The average Bonchev–Trinajstić information content (AvgIpc) is 2.31. The Morgan fingerprint density at radius 1 is 1.27 bits per heavy atom. The lowest BCUT2D eigenvalue weighted by atomic mass is 10.1. The van der Waals surface area contributed by atoms with Gasteiger partial charge in [0.15, 0.2) is 6.61 Å². The highest BCUT2D eigenvalue weighted by molar-refractivity contribution is 9.10. The summed E-state index contributed by atoms with van der Waals surface area (Å²) in [5, 5.41) is 3.55. The summed E-state index contributed by atoms with van der Waals surface area (Å²) in [7, 11) is 0. The van der Waals surface area contributed by atoms with E-state index in [0.717, 1.165) is 0 Å². The maximum atomic E-state index is 14.3. The molecule has 1 unspecified atom stereocenters. The molecule has 5 heteroatoms. The molecule has 1 aliphatic heterocycles. The number of alkyl halides is 2. The fraction of sp³-hybridized carbons (Fsp3) is 0.300. The highest BCUT2D eigenvalue weighted by Crippen LogP contribution is 2.35. The van der Waals surface area contributed by atoms with Crippen molar-refractivity contribution < 1.29 is 14.0 Å². The first-order chi connectivity index (χ1) is 7.21. The third kappa shape index (κ3) is 2.12. The van der Waals surface area contributed by atoms with Gasteiger partial charge in [-0.2, -0.15) is 0 Å². The molecule has 0 bridgehead atoms. The predicted octanol–water partition coefficient (Wildman–Crippen LogP) is 2.56. The van der Waals surface area contributed by atoms with E-state index in [-0.39, 0.29) is 5.90 Å². The maximum Gasteiger partial charge on any atom is 0.280 e. The molecule has 0 fully saturated rings. The van der Waals surface area contributed by atoms with Crippen molar-refractivity contribution in [3.8, 4) is 0 Å². The summed E-state index contributed by atoms with van der Waals surface area (Å²) in [6, 6.07) is 8.60. The fourth-order valence-corrected chi connectivity index (χ4v) is 1.68. The summed E-state index contributed by atoms with van der Waals surface area (Å²) in [5.41, 5.74) is 0.425. The molecule has 1 heterocycles. The zero-order valence-corrected chi connectivity index (χ0v) is 9.41. The molecule has 0 saturated carbocycles. The van der Waals surface area contributed by atoms with Crippen LogP contribution in [0, 0.1) is 0 Å². The maximum absolute atomic E-state index is 14.3. The highest BCUT2D eigenvalue weighted by Gasteiger charge is 2.38. The van der Waals surface area contributed by atoms with Gasteiger partial charge in [0.05, 0.1) is 0 Å². The van der Waals surface area contributed by atoms with Gasteiger partial charge in [0.25, 0.3) is 10.5 Å². The third-order valence-electron chi connectivity index (χ3n) is 1.97. The summed E-state index contributed by atoms with van der Waals surface area (Å²) in [4.78, 5) is 4.78. The monoisotopic (exact) mass is 273 g/mol. The summed E-state index contributed by atoms with van der Waals surface area (Å²) in [6.45, 7) is 0.657. The van der Waals surface area contributed by atoms with Crippen LogP contribution in [0.15, 0.2) is 35.5 Å². The molecule has 0 amide bonds. The van der Waals surface area contributed by atoms with Crippen LogP contribution in [0.3, 0.4) is 0 Å². The van der Waals surface area contributed by atoms with Crippen LogP contribution in [0.2, 0.25) is 0 Å². The second kappa shape index (κ2) is 4.18.